The van der Waals surface area contributed by atoms with E-state index in [0.717, 1.165) is 12.3 Å². The molecule has 0 saturated heterocycles. The summed E-state index contributed by atoms with van der Waals surface area (Å²) >= 11 is 17.6. The summed E-state index contributed by atoms with van der Waals surface area (Å²) in [6, 6.07) is 3.64. The van der Waals surface area contributed by atoms with Crippen LogP contribution in [-0.2, 0) is 6.18 Å². The van der Waals surface area contributed by atoms with Crippen molar-refractivity contribution in [2.75, 3.05) is 0 Å². The lowest BCUT2D eigenvalue weighted by Crippen LogP contribution is -2.12. The van der Waals surface area contributed by atoms with E-state index in [1.807, 2.05) is 0 Å². The maximum atomic E-state index is 13.1. The van der Waals surface area contributed by atoms with Crippen molar-refractivity contribution in [3.63, 3.8) is 0 Å². The number of hydrogen-bond donors (Lipinski definition) is 0. The van der Waals surface area contributed by atoms with Gasteiger partial charge in [0.2, 0.25) is 0 Å². The van der Waals surface area contributed by atoms with E-state index >= 15 is 0 Å². The molecule has 0 saturated carbocycles. The van der Waals surface area contributed by atoms with Crippen molar-refractivity contribution in [2.45, 2.75) is 6.18 Å². The van der Waals surface area contributed by atoms with Crippen LogP contribution in [0, 0.1) is 0 Å². The Balaban J connectivity index is 2.89. The van der Waals surface area contributed by atoms with Gasteiger partial charge < -0.3 is 0 Å². The molecule has 2 aromatic rings. The van der Waals surface area contributed by atoms with Crippen LogP contribution in [0.5, 0.6) is 0 Å². The molecule has 0 bridgehead atoms. The summed E-state index contributed by atoms with van der Waals surface area (Å²) in [7, 11) is 0. The molecule has 1 aromatic heterocycles. The molecule has 0 atom stereocenters. The van der Waals surface area contributed by atoms with E-state index in [4.69, 9.17) is 34.8 Å². The van der Waals surface area contributed by atoms with Gasteiger partial charge in [-0.2, -0.15) is 13.2 Å². The Morgan fingerprint density at radius 1 is 1.05 bits per heavy atom. The van der Waals surface area contributed by atoms with Crippen LogP contribution in [0.3, 0.4) is 0 Å². The van der Waals surface area contributed by atoms with Gasteiger partial charge in [-0.15, -0.1) is 0 Å². The second-order valence-corrected chi connectivity index (χ2v) is 5.23. The fraction of sp³-hybridized carbons (Fsp3) is 0.0769. The van der Waals surface area contributed by atoms with Crippen LogP contribution < -0.4 is 0 Å². The first-order chi connectivity index (χ1) is 9.75. The number of rotatable bonds is 2. The third-order valence-corrected chi connectivity index (χ3v) is 3.45. The Kier molecular flexibility index (Phi) is 4.46. The standard InChI is InChI=1S/C13H5Cl3F3NO/c14-7-3-8(15)11(9(16)4-7)10-6(5-21)1-2-20-12(10)13(17,18)19/h1-5H. The van der Waals surface area contributed by atoms with E-state index in [0.29, 0.717) is 0 Å². The summed E-state index contributed by atoms with van der Waals surface area (Å²) in [5, 5.41) is -0.0398. The predicted octanol–water partition coefficient (Wildman–Crippen LogP) is 5.54. The number of carbonyl (C=O) groups excluding carboxylic acids is 1. The highest BCUT2D eigenvalue weighted by molar-refractivity contribution is 6.42. The van der Waals surface area contributed by atoms with Crippen molar-refractivity contribution < 1.29 is 18.0 Å². The minimum Gasteiger partial charge on any atom is -0.298 e. The second-order valence-electron chi connectivity index (χ2n) is 3.98. The highest BCUT2D eigenvalue weighted by atomic mass is 35.5. The Labute approximate surface area is 132 Å². The molecule has 8 heteroatoms. The van der Waals surface area contributed by atoms with Gasteiger partial charge in [0.15, 0.2) is 12.0 Å². The Bertz CT molecular complexity index is 693. The van der Waals surface area contributed by atoms with Crippen molar-refractivity contribution in [3.05, 3.63) is 50.7 Å². The average Bonchev–Trinajstić information content (AvgIpc) is 2.36. The third-order valence-electron chi connectivity index (χ3n) is 2.64. The number of aldehydes is 1. The first kappa shape index (κ1) is 16.1. The van der Waals surface area contributed by atoms with Gasteiger partial charge in [0.05, 0.1) is 10.0 Å². The molecule has 2 nitrogen and oxygen atoms in total. The zero-order valence-corrected chi connectivity index (χ0v) is 12.3. The van der Waals surface area contributed by atoms with Crippen LogP contribution in [0.2, 0.25) is 15.1 Å². The molecule has 2 rings (SSSR count). The quantitative estimate of drug-likeness (QED) is 0.663. The molecule has 0 radical (unpaired) electrons. The van der Waals surface area contributed by atoms with Crippen molar-refractivity contribution >= 4 is 41.1 Å². The number of nitrogens with zero attached hydrogens (tertiary/aromatic N) is 1. The molecule has 1 heterocycles. The van der Waals surface area contributed by atoms with Gasteiger partial charge in [0.25, 0.3) is 0 Å². The minimum atomic E-state index is -4.76. The van der Waals surface area contributed by atoms with E-state index in [1.165, 1.54) is 12.1 Å². The number of halogens is 6. The van der Waals surface area contributed by atoms with E-state index in [-0.39, 0.29) is 32.5 Å². The Morgan fingerprint density at radius 2 is 1.62 bits per heavy atom. The molecule has 110 valence electrons. The molecule has 0 aliphatic carbocycles. The van der Waals surface area contributed by atoms with Crippen LogP contribution >= 0.6 is 34.8 Å². The summed E-state index contributed by atoms with van der Waals surface area (Å²) in [5.74, 6) is 0. The third kappa shape index (κ3) is 3.15. The van der Waals surface area contributed by atoms with Crippen molar-refractivity contribution in [1.29, 1.82) is 0 Å². The number of pyridine rings is 1. The van der Waals surface area contributed by atoms with E-state index in [2.05, 4.69) is 4.98 Å². The lowest BCUT2D eigenvalue weighted by Gasteiger charge is -2.16. The largest absolute Gasteiger partial charge is 0.433 e. The van der Waals surface area contributed by atoms with Crippen molar-refractivity contribution in [3.8, 4) is 11.1 Å². The van der Waals surface area contributed by atoms with Crippen LogP contribution in [0.1, 0.15) is 16.1 Å². The molecule has 0 aliphatic rings. The van der Waals surface area contributed by atoms with Crippen LogP contribution in [0.4, 0.5) is 13.2 Å². The fourth-order valence-electron chi connectivity index (χ4n) is 1.83. The summed E-state index contributed by atoms with van der Waals surface area (Å²) in [6.07, 6.45) is -3.58. The molecule has 0 spiro atoms. The molecule has 21 heavy (non-hydrogen) atoms. The zero-order valence-electron chi connectivity index (χ0n) is 10.0. The smallest absolute Gasteiger partial charge is 0.298 e. The first-order valence-corrected chi connectivity index (χ1v) is 6.55. The van der Waals surface area contributed by atoms with Crippen molar-refractivity contribution in [2.24, 2.45) is 0 Å². The molecule has 0 amide bonds. The summed E-state index contributed by atoms with van der Waals surface area (Å²) in [6.45, 7) is 0. The predicted molar refractivity (Wildman–Crippen MR) is 75.1 cm³/mol. The van der Waals surface area contributed by atoms with Gasteiger partial charge in [-0.3, -0.25) is 9.78 Å². The lowest BCUT2D eigenvalue weighted by atomic mass is 9.98. The zero-order chi connectivity index (χ0) is 15.8. The van der Waals surface area contributed by atoms with E-state index in [1.54, 1.807) is 0 Å². The number of benzene rings is 1. The van der Waals surface area contributed by atoms with Gasteiger partial charge in [0.1, 0.15) is 0 Å². The average molecular weight is 355 g/mol. The van der Waals surface area contributed by atoms with Gasteiger partial charge in [-0.05, 0) is 18.2 Å². The van der Waals surface area contributed by atoms with Crippen LogP contribution in [0.25, 0.3) is 11.1 Å². The minimum absolute atomic E-state index is 0.103. The Hall–Kier alpha value is -1.30. The van der Waals surface area contributed by atoms with Crippen molar-refractivity contribution in [1.82, 2.24) is 4.98 Å². The monoisotopic (exact) mass is 353 g/mol. The summed E-state index contributed by atoms with van der Waals surface area (Å²) < 4.78 is 39.3. The normalized spacial score (nSPS) is 11.5. The Morgan fingerprint density at radius 3 is 2.10 bits per heavy atom. The van der Waals surface area contributed by atoms with Gasteiger partial charge in [0, 0.05) is 27.9 Å². The topological polar surface area (TPSA) is 30.0 Å². The first-order valence-electron chi connectivity index (χ1n) is 5.42. The lowest BCUT2D eigenvalue weighted by molar-refractivity contribution is -0.140. The number of aromatic nitrogens is 1. The molecule has 1 aromatic carbocycles. The number of carbonyl (C=O) groups is 1. The summed E-state index contributed by atoms with van der Waals surface area (Å²) in [4.78, 5) is 14.4. The number of hydrogen-bond acceptors (Lipinski definition) is 2. The molecule has 0 unspecified atom stereocenters. The highest BCUT2D eigenvalue weighted by Crippen LogP contribution is 2.43. The molecule has 0 N–H and O–H groups in total. The van der Waals surface area contributed by atoms with Crippen LogP contribution in [-0.4, -0.2) is 11.3 Å². The molecular weight excluding hydrogens is 350 g/mol. The second kappa shape index (κ2) is 5.83. The van der Waals surface area contributed by atoms with E-state index < -0.39 is 17.4 Å². The van der Waals surface area contributed by atoms with Crippen LogP contribution in [0.15, 0.2) is 24.4 Å². The van der Waals surface area contributed by atoms with Gasteiger partial charge >= 0.3 is 6.18 Å². The highest BCUT2D eigenvalue weighted by Gasteiger charge is 2.37. The summed E-state index contributed by atoms with van der Waals surface area (Å²) in [5.41, 5.74) is -2.06. The maximum Gasteiger partial charge on any atom is 0.433 e. The fourth-order valence-corrected chi connectivity index (χ4v) is 2.84. The number of alkyl halides is 3. The molecular formula is C13H5Cl3F3NO. The van der Waals surface area contributed by atoms with Gasteiger partial charge in [-0.1, -0.05) is 34.8 Å². The molecule has 0 fully saturated rings. The maximum absolute atomic E-state index is 13.1. The van der Waals surface area contributed by atoms with E-state index in [9.17, 15) is 18.0 Å². The molecule has 0 aliphatic heterocycles. The van der Waals surface area contributed by atoms with Gasteiger partial charge in [-0.25, -0.2) is 0 Å². The SMILES string of the molecule is O=Cc1ccnc(C(F)(F)F)c1-c1c(Cl)cc(Cl)cc1Cl.